The van der Waals surface area contributed by atoms with Gasteiger partial charge >= 0.3 is 22.1 Å². The van der Waals surface area contributed by atoms with Gasteiger partial charge in [0, 0.05) is 6.42 Å². The molecule has 3 heterocycles. The molecule has 6 rings (SSSR count). The molecule has 0 unspecified atom stereocenters. The van der Waals surface area contributed by atoms with Crippen molar-refractivity contribution >= 4 is 39.2 Å². The van der Waals surface area contributed by atoms with E-state index < -0.39 is 40.5 Å². The molecule has 0 amide bonds. The van der Waals surface area contributed by atoms with Crippen LogP contribution in [0.25, 0.3) is 11.2 Å². The summed E-state index contributed by atoms with van der Waals surface area (Å²) in [4.78, 5) is 38.9. The SMILES string of the molecule is CC(C)c1cc(C(C)C)c(S(=O)(=O)Oc2nc(N)nc3c2ncn3[C@H]2C[C@H](OC(=O)c3ccccc3)[C@@H](COC(=O)c3ccccc3)O2)c(C(C)C)c1. The summed E-state index contributed by atoms with van der Waals surface area (Å²) < 4.78 is 53.5. The third kappa shape index (κ3) is 8.03. The zero-order valence-electron chi connectivity index (χ0n) is 30.4. The summed E-state index contributed by atoms with van der Waals surface area (Å²) in [5.74, 6) is -1.82. The van der Waals surface area contributed by atoms with Crippen LogP contribution in [-0.4, -0.2) is 58.7 Å². The number of esters is 2. The van der Waals surface area contributed by atoms with E-state index in [0.29, 0.717) is 22.3 Å². The average molecular weight is 742 g/mol. The van der Waals surface area contributed by atoms with E-state index in [1.54, 1.807) is 60.7 Å². The van der Waals surface area contributed by atoms with Crippen LogP contribution in [-0.2, 0) is 24.3 Å². The Morgan fingerprint density at radius 1 is 0.868 bits per heavy atom. The summed E-state index contributed by atoms with van der Waals surface area (Å²) in [7, 11) is -4.45. The van der Waals surface area contributed by atoms with Crippen LogP contribution in [0, 0.1) is 0 Å². The Morgan fingerprint density at radius 3 is 2.02 bits per heavy atom. The Bertz CT molecular complexity index is 2190. The monoisotopic (exact) mass is 741 g/mol. The number of nitrogen functional groups attached to an aromatic ring is 1. The van der Waals surface area contributed by atoms with Gasteiger partial charge in [-0.2, -0.15) is 18.4 Å². The Labute approximate surface area is 308 Å². The summed E-state index contributed by atoms with van der Waals surface area (Å²) in [6, 6.07) is 20.8. The predicted octanol–water partition coefficient (Wildman–Crippen LogP) is 6.92. The van der Waals surface area contributed by atoms with Gasteiger partial charge in [0.05, 0.1) is 17.5 Å². The van der Waals surface area contributed by atoms with E-state index in [0.717, 1.165) is 5.56 Å². The Balaban J connectivity index is 1.32. The third-order valence-corrected chi connectivity index (χ3v) is 10.4. The first-order valence-electron chi connectivity index (χ1n) is 17.5. The van der Waals surface area contributed by atoms with E-state index in [-0.39, 0.29) is 58.7 Å². The molecule has 0 aliphatic carbocycles. The molecule has 0 radical (unpaired) electrons. The van der Waals surface area contributed by atoms with Gasteiger partial charge in [-0.3, -0.25) is 4.57 Å². The summed E-state index contributed by atoms with van der Waals surface area (Å²) >= 11 is 0. The zero-order chi connectivity index (χ0) is 38.0. The molecular weight excluding hydrogens is 699 g/mol. The number of fused-ring (bicyclic) bond motifs is 1. The van der Waals surface area contributed by atoms with Crippen molar-refractivity contribution in [1.82, 2.24) is 19.5 Å². The number of benzene rings is 3. The van der Waals surface area contributed by atoms with Gasteiger partial charge in [-0.25, -0.2) is 14.6 Å². The van der Waals surface area contributed by atoms with Gasteiger partial charge in [0.2, 0.25) is 5.95 Å². The van der Waals surface area contributed by atoms with Crippen molar-refractivity contribution in [2.45, 2.75) is 89.0 Å². The van der Waals surface area contributed by atoms with Crippen molar-refractivity contribution in [3.8, 4) is 5.88 Å². The minimum Gasteiger partial charge on any atom is -0.459 e. The molecule has 14 heteroatoms. The van der Waals surface area contributed by atoms with Crippen LogP contribution in [0.4, 0.5) is 5.95 Å². The Morgan fingerprint density at radius 2 is 1.45 bits per heavy atom. The van der Waals surface area contributed by atoms with Crippen molar-refractivity contribution in [2.24, 2.45) is 0 Å². The maximum absolute atomic E-state index is 14.2. The van der Waals surface area contributed by atoms with E-state index in [1.165, 1.54) is 10.9 Å². The van der Waals surface area contributed by atoms with E-state index in [1.807, 2.05) is 39.8 Å². The number of ether oxygens (including phenoxy) is 3. The molecule has 1 fully saturated rings. The minimum atomic E-state index is -4.45. The molecule has 1 aliphatic heterocycles. The van der Waals surface area contributed by atoms with Crippen LogP contribution in [0.3, 0.4) is 0 Å². The fraction of sp³-hybridized carbons (Fsp3) is 0.359. The van der Waals surface area contributed by atoms with Gasteiger partial charge < -0.3 is 24.1 Å². The van der Waals surface area contributed by atoms with Crippen LogP contribution in [0.5, 0.6) is 5.88 Å². The van der Waals surface area contributed by atoms with Gasteiger partial charge in [0.1, 0.15) is 29.9 Å². The molecule has 0 spiro atoms. The highest BCUT2D eigenvalue weighted by atomic mass is 32.2. The Hall–Kier alpha value is -5.34. The molecule has 3 atom stereocenters. The number of aromatic nitrogens is 4. The van der Waals surface area contributed by atoms with E-state index in [9.17, 15) is 18.0 Å². The maximum Gasteiger partial charge on any atom is 0.341 e. The van der Waals surface area contributed by atoms with E-state index in [2.05, 4.69) is 28.8 Å². The van der Waals surface area contributed by atoms with Gasteiger partial charge in [-0.1, -0.05) is 90.1 Å². The number of anilines is 1. The van der Waals surface area contributed by atoms with Crippen LogP contribution < -0.4 is 9.92 Å². The van der Waals surface area contributed by atoms with Crippen molar-refractivity contribution < 1.29 is 36.4 Å². The Kier molecular flexibility index (Phi) is 10.8. The topological polar surface area (TPSA) is 175 Å². The summed E-state index contributed by atoms with van der Waals surface area (Å²) in [6.45, 7) is 11.7. The number of nitrogens with two attached hydrogens (primary N) is 1. The van der Waals surface area contributed by atoms with Gasteiger partial charge in [0.25, 0.3) is 5.88 Å². The fourth-order valence-corrected chi connectivity index (χ4v) is 7.81. The molecule has 0 saturated carbocycles. The first-order valence-corrected chi connectivity index (χ1v) is 18.9. The molecule has 1 saturated heterocycles. The molecular formula is C39H43N5O8S. The number of hydrogen-bond acceptors (Lipinski definition) is 12. The van der Waals surface area contributed by atoms with E-state index >= 15 is 0 Å². The second-order valence-electron chi connectivity index (χ2n) is 13.9. The number of hydrogen-bond donors (Lipinski definition) is 1. The van der Waals surface area contributed by atoms with Crippen molar-refractivity contribution in [1.29, 1.82) is 0 Å². The molecule has 0 bridgehead atoms. The minimum absolute atomic E-state index is 0.0270. The smallest absolute Gasteiger partial charge is 0.341 e. The number of imidazole rings is 1. The first kappa shape index (κ1) is 37.4. The third-order valence-electron chi connectivity index (χ3n) is 9.07. The second kappa shape index (κ2) is 15.3. The highest BCUT2D eigenvalue weighted by molar-refractivity contribution is 7.87. The van der Waals surface area contributed by atoms with E-state index in [4.69, 9.17) is 24.1 Å². The number of carbonyl (C=O) groups excluding carboxylic acids is 2. The lowest BCUT2D eigenvalue weighted by atomic mass is 9.89. The van der Waals surface area contributed by atoms with Crippen molar-refractivity contribution in [2.75, 3.05) is 12.3 Å². The molecule has 2 N–H and O–H groups in total. The van der Waals surface area contributed by atoms with Crippen molar-refractivity contribution in [3.63, 3.8) is 0 Å². The second-order valence-corrected chi connectivity index (χ2v) is 15.4. The molecule has 1 aliphatic rings. The van der Waals surface area contributed by atoms with Crippen LogP contribution in [0.15, 0.2) is 84.0 Å². The highest BCUT2D eigenvalue weighted by Crippen LogP contribution is 2.38. The average Bonchev–Trinajstić information content (AvgIpc) is 3.74. The molecule has 53 heavy (non-hydrogen) atoms. The van der Waals surface area contributed by atoms with Crippen LogP contribution >= 0.6 is 0 Å². The quantitative estimate of drug-likeness (QED) is 0.103. The van der Waals surface area contributed by atoms with Gasteiger partial charge in [0.15, 0.2) is 11.2 Å². The number of carbonyl (C=O) groups is 2. The van der Waals surface area contributed by atoms with Gasteiger partial charge in [-0.15, -0.1) is 0 Å². The number of nitrogens with zero attached hydrogens (tertiary/aromatic N) is 4. The normalized spacial score (nSPS) is 17.5. The molecule has 3 aromatic carbocycles. The van der Waals surface area contributed by atoms with Crippen molar-refractivity contribution in [3.05, 3.63) is 107 Å². The van der Waals surface area contributed by atoms with Crippen LogP contribution in [0.2, 0.25) is 0 Å². The molecule has 2 aromatic heterocycles. The lowest BCUT2D eigenvalue weighted by Crippen LogP contribution is -2.32. The highest BCUT2D eigenvalue weighted by Gasteiger charge is 2.41. The first-order chi connectivity index (χ1) is 25.2. The summed E-state index contributed by atoms with van der Waals surface area (Å²) in [5, 5.41) is 0. The molecule has 13 nitrogen and oxygen atoms in total. The number of rotatable bonds is 12. The lowest BCUT2D eigenvalue weighted by molar-refractivity contribution is -0.0563. The fourth-order valence-electron chi connectivity index (χ4n) is 6.24. The maximum atomic E-state index is 14.2. The zero-order valence-corrected chi connectivity index (χ0v) is 31.2. The largest absolute Gasteiger partial charge is 0.459 e. The lowest BCUT2D eigenvalue weighted by Gasteiger charge is -2.22. The molecule has 278 valence electrons. The van der Waals surface area contributed by atoms with Gasteiger partial charge in [-0.05, 0) is 58.7 Å². The summed E-state index contributed by atoms with van der Waals surface area (Å²) in [6.07, 6.45) is -1.04. The standard InChI is InChI=1S/C39H43N5O8S/c1-22(2)27-17-28(23(3)4)34(29(18-27)24(5)6)53(47,48)52-36-33-35(42-39(40)43-36)44(21-41-33)32-19-30(51-38(46)26-15-11-8-12-16-26)31(50-32)20-49-37(45)25-13-9-7-10-14-25/h7-18,21-24,30-32H,19-20H2,1-6H3,(H2,40,42,43)/t30-,31+,32+/m0/s1. The summed E-state index contributed by atoms with van der Waals surface area (Å²) in [5.41, 5.74) is 9.29. The van der Waals surface area contributed by atoms with Crippen LogP contribution in [0.1, 0.15) is 109 Å². The predicted molar refractivity (Wildman–Crippen MR) is 197 cm³/mol. The molecule has 5 aromatic rings.